The zero-order valence-electron chi connectivity index (χ0n) is 29.1. The molecular formula is C29H61ClN9O2P3. The van der Waals surface area contributed by atoms with Gasteiger partial charge in [-0.3, -0.25) is 25.1 Å². The fourth-order valence-electron chi connectivity index (χ4n) is 4.82. The maximum absolute atomic E-state index is 14.7. The van der Waals surface area contributed by atoms with Crippen molar-refractivity contribution in [2.24, 2.45) is 9.03 Å². The van der Waals surface area contributed by atoms with Gasteiger partial charge in [0.25, 0.3) is 5.91 Å². The Balaban J connectivity index is 0.00000146. The molecule has 0 atom stereocenters. The Hall–Kier alpha value is -0.570. The number of rotatable bonds is 12. The Morgan fingerprint density at radius 1 is 0.705 bits per heavy atom. The fraction of sp³-hybridized carbons (Fsp3) is 0.759. The van der Waals surface area contributed by atoms with E-state index in [4.69, 9.17) is 13.8 Å². The smallest absolute Gasteiger partial charge is 0.402 e. The number of ether oxygens (including phenoxy) is 1. The minimum absolute atomic E-state index is 0. The van der Waals surface area contributed by atoms with Gasteiger partial charge in [0.05, 0.1) is 0 Å². The van der Waals surface area contributed by atoms with Crippen molar-refractivity contribution in [1.29, 1.82) is 0 Å². The molecule has 44 heavy (non-hydrogen) atoms. The molecule has 0 saturated carbocycles. The molecule has 0 spiro atoms. The molecule has 1 aromatic rings. The van der Waals surface area contributed by atoms with Crippen LogP contribution in [-0.4, -0.2) is 59.8 Å². The Kier molecular flexibility index (Phi) is 17.6. The third kappa shape index (κ3) is 12.2. The predicted molar refractivity (Wildman–Crippen MR) is 186 cm³/mol. The van der Waals surface area contributed by atoms with E-state index in [1.165, 1.54) is 12.8 Å². The van der Waals surface area contributed by atoms with Gasteiger partial charge in [-0.1, -0.05) is 18.2 Å². The van der Waals surface area contributed by atoms with Gasteiger partial charge in [-0.25, -0.2) is 14.3 Å². The molecule has 0 unspecified atom stereocenters. The van der Waals surface area contributed by atoms with E-state index in [9.17, 15) is 4.79 Å². The Morgan fingerprint density at radius 2 is 1.09 bits per heavy atom. The number of carbonyl (C=O) groups is 1. The standard InChI is InChI=1S/C25H52N9OP3.C4H8O.ClH/c1-18(2)26-36(27-19(3)4)32-37(28-20(5)6,29-21(7)8)34(25(35)24-16-14-13-15-17-24)38(33-36,30-22(9)10)31-23(11)12;1-2-4-5-3-1;/h13-23,28-31H,1-12H3,(H,26,27);1-4H2;1H. The second-order valence-electron chi connectivity index (χ2n) is 13.0. The number of hydrogen-bond donors (Lipinski definition) is 6. The molecule has 6 N–H and O–H groups in total. The fourth-order valence-corrected chi connectivity index (χ4v) is 19.0. The number of hydrogen-bond acceptors (Lipinski definition) is 6. The van der Waals surface area contributed by atoms with Crippen LogP contribution in [0.2, 0.25) is 0 Å². The molecule has 0 aliphatic carbocycles. The van der Waals surface area contributed by atoms with Crippen molar-refractivity contribution >= 4 is 28.4 Å². The van der Waals surface area contributed by atoms with Crippen LogP contribution in [0.3, 0.4) is 0 Å². The number of nitrogens with zero attached hydrogens (tertiary/aromatic N) is 3. The Morgan fingerprint density at radius 3 is 1.39 bits per heavy atom. The summed E-state index contributed by atoms with van der Waals surface area (Å²) in [7, 11) is -8.61. The van der Waals surface area contributed by atoms with Crippen LogP contribution in [0.15, 0.2) is 39.4 Å². The molecule has 256 valence electrons. The molecule has 0 aromatic heterocycles. The van der Waals surface area contributed by atoms with Crippen molar-refractivity contribution in [3.05, 3.63) is 35.9 Å². The first-order valence-electron chi connectivity index (χ1n) is 15.9. The molecule has 2 aliphatic heterocycles. The molecule has 0 radical (unpaired) electrons. The van der Waals surface area contributed by atoms with Crippen LogP contribution in [0.4, 0.5) is 0 Å². The van der Waals surface area contributed by atoms with Gasteiger partial charge >= 0.3 is 7.51 Å². The molecule has 11 nitrogen and oxygen atoms in total. The monoisotopic (exact) mass is 695 g/mol. The van der Waals surface area contributed by atoms with Crippen LogP contribution in [0.1, 0.15) is 106 Å². The number of nitrogens with one attached hydrogen (secondary N) is 6. The average molecular weight is 696 g/mol. The molecule has 3 rings (SSSR count). The lowest BCUT2D eigenvalue weighted by molar-refractivity contribution is -0.474. The number of carbonyl (C=O) groups excluding carboxylic acids is 1. The van der Waals surface area contributed by atoms with Gasteiger partial charge in [0, 0.05) is 49.0 Å². The third-order valence-corrected chi connectivity index (χ3v) is 18.1. The van der Waals surface area contributed by atoms with Crippen molar-refractivity contribution in [3.8, 4) is 0 Å². The maximum atomic E-state index is 14.7. The number of amides is 1. The van der Waals surface area contributed by atoms with Gasteiger partial charge in [0.2, 0.25) is 15.0 Å². The number of halogens is 1. The molecule has 0 bridgehead atoms. The highest BCUT2D eigenvalue weighted by molar-refractivity contribution is 7.85. The molecule has 1 fully saturated rings. The summed E-state index contributed by atoms with van der Waals surface area (Å²) in [6, 6.07) is 9.96. The van der Waals surface area contributed by atoms with Crippen LogP contribution in [0.25, 0.3) is 0 Å². The average Bonchev–Trinajstić information content (AvgIpc) is 3.41. The summed E-state index contributed by atoms with van der Waals surface area (Å²) < 4.78 is 21.9. The van der Waals surface area contributed by atoms with Crippen molar-refractivity contribution < 1.29 is 26.7 Å². The van der Waals surface area contributed by atoms with Gasteiger partial charge in [0.15, 0.2) is 0 Å². The van der Waals surface area contributed by atoms with Gasteiger partial charge in [0.1, 0.15) is 6.04 Å². The van der Waals surface area contributed by atoms with Crippen LogP contribution in [0, 0.1) is 0 Å². The predicted octanol–water partition coefficient (Wildman–Crippen LogP) is 3.26. The highest BCUT2D eigenvalue weighted by Crippen LogP contribution is 2.75. The SMILES string of the molecule is C1CCOC1.CC(C)NP1(NC(C)C)=NP(NC(C)C)(=[NH+]C(C)C)N=P(NC(C)C)(NC(C)C)N1C(=O)c1ccccc1.[Cl-]. The normalized spacial score (nSPS) is 18.6. The molecule has 15 heteroatoms. The van der Waals surface area contributed by atoms with E-state index in [-0.39, 0.29) is 54.6 Å². The largest absolute Gasteiger partial charge is 1.00 e. The van der Waals surface area contributed by atoms with Crippen molar-refractivity contribution in [3.63, 3.8) is 0 Å². The Labute approximate surface area is 274 Å². The highest BCUT2D eigenvalue weighted by Gasteiger charge is 2.52. The first-order chi connectivity index (χ1) is 20.1. The van der Waals surface area contributed by atoms with E-state index in [0.29, 0.717) is 5.56 Å². The van der Waals surface area contributed by atoms with Crippen LogP contribution < -0.4 is 42.6 Å². The molecule has 2 aliphatic rings. The first-order valence-corrected chi connectivity index (χ1v) is 21.0. The summed E-state index contributed by atoms with van der Waals surface area (Å²) in [5, 5.41) is 19.0. The number of benzene rings is 1. The molecule has 1 aromatic carbocycles. The summed E-state index contributed by atoms with van der Waals surface area (Å²) in [6.45, 7) is 27.3. The minimum Gasteiger partial charge on any atom is -1.00 e. The molecular weight excluding hydrogens is 635 g/mol. The lowest BCUT2D eigenvalue weighted by Crippen LogP contribution is -3.00. The second kappa shape index (κ2) is 18.7. The van der Waals surface area contributed by atoms with Crippen molar-refractivity contribution in [2.75, 3.05) is 13.2 Å². The van der Waals surface area contributed by atoms with Crippen LogP contribution >= 0.6 is 22.5 Å². The third-order valence-electron chi connectivity index (χ3n) is 5.73. The van der Waals surface area contributed by atoms with Gasteiger partial charge in [-0.05, 0) is 108 Å². The van der Waals surface area contributed by atoms with Gasteiger partial charge in [-0.15, -0.1) is 9.03 Å². The van der Waals surface area contributed by atoms with Gasteiger partial charge < -0.3 is 17.1 Å². The molecule has 2 heterocycles. The Bertz CT molecular complexity index is 1100. The summed E-state index contributed by atoms with van der Waals surface area (Å²) in [5.41, 5.74) is 0.610. The van der Waals surface area contributed by atoms with Gasteiger partial charge in [-0.2, -0.15) is 0 Å². The maximum Gasteiger partial charge on any atom is 0.402 e. The lowest BCUT2D eigenvalue weighted by Gasteiger charge is -2.49. The van der Waals surface area contributed by atoms with E-state index in [1.54, 1.807) is 0 Å². The summed E-state index contributed by atoms with van der Waals surface area (Å²) >= 11 is 0. The van der Waals surface area contributed by atoms with E-state index >= 15 is 0 Å². The summed E-state index contributed by atoms with van der Waals surface area (Å²) in [6.07, 6.45) is 2.56. The minimum atomic E-state index is -2.94. The quantitative estimate of drug-likeness (QED) is 0.185. The molecule has 1 amide bonds. The zero-order chi connectivity index (χ0) is 32.4. The lowest BCUT2D eigenvalue weighted by atomic mass is 10.2. The van der Waals surface area contributed by atoms with Crippen LogP contribution in [-0.2, 0) is 4.74 Å². The molecule has 1 saturated heterocycles. The van der Waals surface area contributed by atoms with Crippen molar-refractivity contribution in [2.45, 2.75) is 132 Å². The topological polar surface area (TPSA) is 128 Å². The van der Waals surface area contributed by atoms with E-state index in [2.05, 4.69) is 113 Å². The van der Waals surface area contributed by atoms with E-state index in [0.717, 1.165) is 13.2 Å². The highest BCUT2D eigenvalue weighted by atomic mass is 35.5. The second-order valence-corrected chi connectivity index (χ2v) is 20.7. The first kappa shape index (κ1) is 41.5. The van der Waals surface area contributed by atoms with E-state index < -0.39 is 22.5 Å². The summed E-state index contributed by atoms with van der Waals surface area (Å²) in [4.78, 5) is 14.7. The van der Waals surface area contributed by atoms with Crippen molar-refractivity contribution in [1.82, 2.24) is 29.9 Å². The van der Waals surface area contributed by atoms with Crippen LogP contribution in [0.5, 0.6) is 0 Å². The van der Waals surface area contributed by atoms with E-state index in [1.807, 2.05) is 34.8 Å². The summed E-state index contributed by atoms with van der Waals surface area (Å²) in [5.74, 6) is -0.103. The zero-order valence-corrected chi connectivity index (χ0v) is 32.5.